The SMILES string of the molecule is COc1cccc(-c2c(C(=O)N3CCCC4CCCC=C43)cnn2C)c1F. The number of amides is 1. The molecule has 1 saturated heterocycles. The molecular formula is C21H24FN3O2. The first-order valence-electron chi connectivity index (χ1n) is 9.48. The van der Waals surface area contributed by atoms with E-state index in [1.807, 2.05) is 4.90 Å². The molecule has 1 aromatic carbocycles. The maximum atomic E-state index is 14.9. The van der Waals surface area contributed by atoms with Crippen molar-refractivity contribution >= 4 is 5.91 Å². The Morgan fingerprint density at radius 3 is 2.93 bits per heavy atom. The molecule has 0 saturated carbocycles. The van der Waals surface area contributed by atoms with Crippen LogP contribution >= 0.6 is 0 Å². The van der Waals surface area contributed by atoms with Gasteiger partial charge in [0.05, 0.1) is 24.6 Å². The van der Waals surface area contributed by atoms with Crippen molar-refractivity contribution in [3.05, 3.63) is 47.5 Å². The number of rotatable bonds is 3. The van der Waals surface area contributed by atoms with Crippen LogP contribution < -0.4 is 4.74 Å². The minimum atomic E-state index is -0.481. The first-order valence-corrected chi connectivity index (χ1v) is 9.48. The fourth-order valence-electron chi connectivity index (χ4n) is 4.31. The van der Waals surface area contributed by atoms with Crippen LogP contribution in [0.1, 0.15) is 42.5 Å². The monoisotopic (exact) mass is 369 g/mol. The number of aryl methyl sites for hydroxylation is 1. The van der Waals surface area contributed by atoms with Crippen molar-refractivity contribution in [2.45, 2.75) is 32.1 Å². The van der Waals surface area contributed by atoms with Gasteiger partial charge in [-0.2, -0.15) is 5.10 Å². The first kappa shape index (κ1) is 17.8. The van der Waals surface area contributed by atoms with Crippen LogP contribution in [0.15, 0.2) is 36.2 Å². The van der Waals surface area contributed by atoms with E-state index in [1.54, 1.807) is 36.1 Å². The van der Waals surface area contributed by atoms with Gasteiger partial charge in [0, 0.05) is 24.9 Å². The number of halogens is 1. The first-order chi connectivity index (χ1) is 13.1. The Morgan fingerprint density at radius 2 is 2.11 bits per heavy atom. The molecule has 0 radical (unpaired) electrons. The lowest BCUT2D eigenvalue weighted by molar-refractivity contribution is 0.0749. The summed E-state index contributed by atoms with van der Waals surface area (Å²) in [6, 6.07) is 4.95. The van der Waals surface area contributed by atoms with E-state index in [0.29, 0.717) is 29.3 Å². The van der Waals surface area contributed by atoms with Gasteiger partial charge in [-0.25, -0.2) is 4.39 Å². The lowest BCUT2D eigenvalue weighted by atomic mass is 9.84. The maximum Gasteiger partial charge on any atom is 0.261 e. The van der Waals surface area contributed by atoms with Crippen LogP contribution in [0.5, 0.6) is 5.75 Å². The van der Waals surface area contributed by atoms with Gasteiger partial charge in [0.25, 0.3) is 5.91 Å². The zero-order valence-electron chi connectivity index (χ0n) is 15.7. The Morgan fingerprint density at radius 1 is 1.30 bits per heavy atom. The quantitative estimate of drug-likeness (QED) is 0.816. The molecule has 1 aliphatic heterocycles. The summed E-state index contributed by atoms with van der Waals surface area (Å²) in [6.45, 7) is 0.704. The molecular weight excluding hydrogens is 345 g/mol. The molecule has 2 aromatic rings. The molecule has 1 fully saturated rings. The molecule has 5 nitrogen and oxygen atoms in total. The van der Waals surface area contributed by atoms with Crippen LogP contribution in [0, 0.1) is 11.7 Å². The summed E-state index contributed by atoms with van der Waals surface area (Å²) in [5.41, 5.74) is 2.37. The van der Waals surface area contributed by atoms with Crippen LogP contribution in [-0.2, 0) is 7.05 Å². The maximum absolute atomic E-state index is 14.9. The molecule has 1 atom stereocenters. The molecule has 6 heteroatoms. The normalized spacial score (nSPS) is 19.4. The van der Waals surface area contributed by atoms with Crippen molar-refractivity contribution < 1.29 is 13.9 Å². The number of ether oxygens (including phenoxy) is 1. The molecule has 142 valence electrons. The second-order valence-electron chi connectivity index (χ2n) is 7.21. The Balaban J connectivity index is 1.76. The van der Waals surface area contributed by atoms with Gasteiger partial charge in [0.1, 0.15) is 0 Å². The van der Waals surface area contributed by atoms with Gasteiger partial charge in [0.15, 0.2) is 11.6 Å². The zero-order chi connectivity index (χ0) is 19.0. The molecule has 1 unspecified atom stereocenters. The number of methoxy groups -OCH3 is 1. The highest BCUT2D eigenvalue weighted by atomic mass is 19.1. The summed E-state index contributed by atoms with van der Waals surface area (Å²) in [5.74, 6) is 0.0365. The number of allylic oxidation sites excluding steroid dienone is 2. The van der Waals surface area contributed by atoms with E-state index in [0.717, 1.165) is 31.4 Å². The van der Waals surface area contributed by atoms with Gasteiger partial charge in [-0.1, -0.05) is 12.1 Å². The van der Waals surface area contributed by atoms with Crippen molar-refractivity contribution in [3.8, 4) is 17.0 Å². The van der Waals surface area contributed by atoms with Gasteiger partial charge in [-0.3, -0.25) is 9.48 Å². The third-order valence-corrected chi connectivity index (χ3v) is 5.63. The van der Waals surface area contributed by atoms with Crippen LogP contribution in [0.25, 0.3) is 11.3 Å². The lowest BCUT2D eigenvalue weighted by Gasteiger charge is -2.38. The zero-order valence-corrected chi connectivity index (χ0v) is 15.7. The molecule has 0 spiro atoms. The van der Waals surface area contributed by atoms with Crippen molar-refractivity contribution in [1.29, 1.82) is 0 Å². The van der Waals surface area contributed by atoms with Crippen molar-refractivity contribution in [1.82, 2.24) is 14.7 Å². The number of nitrogens with zero attached hydrogens (tertiary/aromatic N) is 3. The molecule has 2 heterocycles. The van der Waals surface area contributed by atoms with E-state index in [-0.39, 0.29) is 11.7 Å². The Kier molecular flexibility index (Phi) is 4.72. The number of carbonyl (C=O) groups is 1. The van der Waals surface area contributed by atoms with Crippen LogP contribution in [0.2, 0.25) is 0 Å². The molecule has 1 aromatic heterocycles. The molecule has 0 bridgehead atoms. The lowest BCUT2D eigenvalue weighted by Crippen LogP contribution is -2.39. The van der Waals surface area contributed by atoms with Gasteiger partial charge < -0.3 is 9.64 Å². The standard InChI is InChI=1S/C21H24FN3O2/c1-24-20(15-9-5-11-18(27-2)19(15)22)16(13-23-24)21(26)25-12-6-8-14-7-3-4-10-17(14)25/h5,9-11,13-14H,3-4,6-8,12H2,1-2H3. The van der Waals surface area contributed by atoms with Crippen molar-refractivity contribution in [2.24, 2.45) is 13.0 Å². The summed E-state index contributed by atoms with van der Waals surface area (Å²) in [6.07, 6.45) is 9.22. The van der Waals surface area contributed by atoms with Gasteiger partial charge in [-0.15, -0.1) is 0 Å². The number of likely N-dealkylation sites (tertiary alicyclic amines) is 1. The average Bonchev–Trinajstić information content (AvgIpc) is 3.08. The van der Waals surface area contributed by atoms with E-state index in [4.69, 9.17) is 4.74 Å². The largest absolute Gasteiger partial charge is 0.494 e. The fraction of sp³-hybridized carbons (Fsp3) is 0.429. The number of benzene rings is 1. The summed E-state index contributed by atoms with van der Waals surface area (Å²) < 4.78 is 21.5. The van der Waals surface area contributed by atoms with Crippen LogP contribution in [0.4, 0.5) is 4.39 Å². The second-order valence-corrected chi connectivity index (χ2v) is 7.21. The van der Waals surface area contributed by atoms with Crippen molar-refractivity contribution in [2.75, 3.05) is 13.7 Å². The fourth-order valence-corrected chi connectivity index (χ4v) is 4.31. The van der Waals surface area contributed by atoms with E-state index in [2.05, 4.69) is 11.2 Å². The molecule has 1 amide bonds. The average molecular weight is 369 g/mol. The number of piperidine rings is 1. The summed E-state index contributed by atoms with van der Waals surface area (Å²) >= 11 is 0. The van der Waals surface area contributed by atoms with E-state index >= 15 is 0 Å². The number of hydrogen-bond donors (Lipinski definition) is 0. The highest BCUT2D eigenvalue weighted by Crippen LogP contribution is 2.37. The molecule has 1 aliphatic carbocycles. The molecule has 2 aliphatic rings. The Hall–Kier alpha value is -2.63. The van der Waals surface area contributed by atoms with Crippen LogP contribution in [0.3, 0.4) is 0 Å². The molecule has 0 N–H and O–H groups in total. The second kappa shape index (κ2) is 7.18. The smallest absolute Gasteiger partial charge is 0.261 e. The van der Waals surface area contributed by atoms with E-state index in [1.165, 1.54) is 13.5 Å². The van der Waals surface area contributed by atoms with Crippen LogP contribution in [-0.4, -0.2) is 34.2 Å². The predicted octanol–water partition coefficient (Wildman–Crippen LogP) is 4.15. The highest BCUT2D eigenvalue weighted by Gasteiger charge is 2.33. The third-order valence-electron chi connectivity index (χ3n) is 5.63. The summed E-state index contributed by atoms with van der Waals surface area (Å²) in [5, 5.41) is 4.25. The third kappa shape index (κ3) is 3.03. The number of hydrogen-bond acceptors (Lipinski definition) is 3. The highest BCUT2D eigenvalue weighted by molar-refractivity contribution is 6.01. The van der Waals surface area contributed by atoms with Gasteiger partial charge >= 0.3 is 0 Å². The Bertz CT molecular complexity index is 903. The van der Waals surface area contributed by atoms with Gasteiger partial charge in [-0.05, 0) is 50.2 Å². The van der Waals surface area contributed by atoms with E-state index < -0.39 is 5.82 Å². The summed E-state index contributed by atoms with van der Waals surface area (Å²) in [4.78, 5) is 15.3. The topological polar surface area (TPSA) is 47.4 Å². The predicted molar refractivity (Wildman–Crippen MR) is 101 cm³/mol. The Labute approximate surface area is 158 Å². The minimum Gasteiger partial charge on any atom is -0.494 e. The number of fused-ring (bicyclic) bond motifs is 1. The summed E-state index contributed by atoms with van der Waals surface area (Å²) in [7, 11) is 3.16. The van der Waals surface area contributed by atoms with Gasteiger partial charge in [0.2, 0.25) is 0 Å². The van der Waals surface area contributed by atoms with Crippen molar-refractivity contribution in [3.63, 3.8) is 0 Å². The van der Waals surface area contributed by atoms with E-state index in [9.17, 15) is 9.18 Å². The minimum absolute atomic E-state index is 0.0989. The molecule has 27 heavy (non-hydrogen) atoms. The molecule has 4 rings (SSSR count). The number of carbonyl (C=O) groups excluding carboxylic acids is 1. The number of aromatic nitrogens is 2.